The molecule has 0 aliphatic carbocycles. The Morgan fingerprint density at radius 1 is 1.32 bits per heavy atom. The first-order valence-electron chi connectivity index (χ1n) is 6.23. The van der Waals surface area contributed by atoms with Crippen LogP contribution in [0.3, 0.4) is 0 Å². The minimum absolute atomic E-state index is 0.0191. The molecule has 2 aliphatic rings. The molecule has 0 aromatic rings. The zero-order valence-corrected chi connectivity index (χ0v) is 11.3. The van der Waals surface area contributed by atoms with Crippen molar-refractivity contribution in [3.63, 3.8) is 0 Å². The van der Waals surface area contributed by atoms with Gasteiger partial charge < -0.3 is 19.3 Å². The third-order valence-electron chi connectivity index (χ3n) is 3.01. The van der Waals surface area contributed by atoms with Crippen molar-refractivity contribution in [1.82, 2.24) is 4.90 Å². The summed E-state index contributed by atoms with van der Waals surface area (Å²) < 4.78 is 16.0. The van der Waals surface area contributed by atoms with Crippen LogP contribution < -0.4 is 0 Å². The normalized spacial score (nSPS) is 30.9. The van der Waals surface area contributed by atoms with E-state index in [1.165, 1.54) is 4.90 Å². The highest BCUT2D eigenvalue weighted by molar-refractivity contribution is 5.75. The second-order valence-electron chi connectivity index (χ2n) is 5.74. The predicted octanol–water partition coefficient (Wildman–Crippen LogP) is 0.474. The topological polar surface area (TPSA) is 85.3 Å². The molecule has 2 aliphatic heterocycles. The van der Waals surface area contributed by atoms with E-state index < -0.39 is 29.9 Å². The van der Waals surface area contributed by atoms with E-state index in [1.54, 1.807) is 20.8 Å². The van der Waals surface area contributed by atoms with Crippen molar-refractivity contribution < 1.29 is 28.9 Å². The molecule has 0 saturated carbocycles. The summed E-state index contributed by atoms with van der Waals surface area (Å²) in [4.78, 5) is 24.6. The number of amides is 1. The number of aliphatic carboxylic acids is 1. The smallest absolute Gasteiger partial charge is 0.410 e. The van der Waals surface area contributed by atoms with Crippen LogP contribution in [-0.2, 0) is 19.0 Å². The van der Waals surface area contributed by atoms with Crippen LogP contribution in [0.15, 0.2) is 0 Å². The molecule has 7 nitrogen and oxygen atoms in total. The lowest BCUT2D eigenvalue weighted by atomic mass is 10.1. The Hall–Kier alpha value is -1.34. The zero-order chi connectivity index (χ0) is 14.2. The van der Waals surface area contributed by atoms with Gasteiger partial charge in [-0.2, -0.15) is 0 Å². The predicted molar refractivity (Wildman–Crippen MR) is 63.8 cm³/mol. The van der Waals surface area contributed by atoms with Crippen molar-refractivity contribution in [2.75, 3.05) is 19.8 Å². The van der Waals surface area contributed by atoms with E-state index in [9.17, 15) is 9.59 Å². The molecule has 0 bridgehead atoms. The standard InChI is InChI=1S/C12H19NO6/c1-12(2,3)19-11(16)13-4-8(10(14)15)18-9-6-17-5-7(9)13/h7-9H,4-6H2,1-3H3,(H,14,15). The van der Waals surface area contributed by atoms with Gasteiger partial charge >= 0.3 is 12.1 Å². The van der Waals surface area contributed by atoms with Crippen molar-refractivity contribution in [3.8, 4) is 0 Å². The number of carboxylic acids is 1. The molecule has 2 heterocycles. The van der Waals surface area contributed by atoms with Gasteiger partial charge in [0.1, 0.15) is 11.7 Å². The van der Waals surface area contributed by atoms with Crippen LogP contribution in [0.2, 0.25) is 0 Å². The van der Waals surface area contributed by atoms with E-state index in [2.05, 4.69) is 0 Å². The maximum atomic E-state index is 12.1. The van der Waals surface area contributed by atoms with Crippen LogP contribution in [0.1, 0.15) is 20.8 Å². The molecule has 19 heavy (non-hydrogen) atoms. The molecule has 1 N–H and O–H groups in total. The number of rotatable bonds is 1. The number of ether oxygens (including phenoxy) is 3. The van der Waals surface area contributed by atoms with Crippen LogP contribution in [-0.4, -0.2) is 65.7 Å². The quantitative estimate of drug-likeness (QED) is 0.747. The number of fused-ring (bicyclic) bond motifs is 1. The molecular formula is C12H19NO6. The van der Waals surface area contributed by atoms with Crippen LogP contribution in [0.25, 0.3) is 0 Å². The van der Waals surface area contributed by atoms with Crippen LogP contribution in [0.5, 0.6) is 0 Å². The number of morpholine rings is 1. The average molecular weight is 273 g/mol. The van der Waals surface area contributed by atoms with Gasteiger partial charge in [0.05, 0.1) is 25.8 Å². The fourth-order valence-corrected chi connectivity index (χ4v) is 2.18. The van der Waals surface area contributed by atoms with Crippen molar-refractivity contribution >= 4 is 12.1 Å². The highest BCUT2D eigenvalue weighted by atomic mass is 16.6. The molecular weight excluding hydrogens is 254 g/mol. The Bertz CT molecular complexity index is 377. The number of carboxylic acid groups (broad SMARTS) is 1. The van der Waals surface area contributed by atoms with Crippen LogP contribution >= 0.6 is 0 Å². The summed E-state index contributed by atoms with van der Waals surface area (Å²) in [7, 11) is 0. The van der Waals surface area contributed by atoms with E-state index >= 15 is 0 Å². The Balaban J connectivity index is 2.11. The summed E-state index contributed by atoms with van der Waals surface area (Å²) in [6.45, 7) is 5.92. The molecule has 0 aromatic carbocycles. The summed E-state index contributed by atoms with van der Waals surface area (Å²) in [5.41, 5.74) is -0.622. The molecule has 2 saturated heterocycles. The molecule has 0 spiro atoms. The fraction of sp³-hybridized carbons (Fsp3) is 0.833. The Morgan fingerprint density at radius 2 is 2.00 bits per heavy atom. The van der Waals surface area contributed by atoms with Gasteiger partial charge in [-0.05, 0) is 20.8 Å². The second-order valence-corrected chi connectivity index (χ2v) is 5.74. The number of hydrogen-bond donors (Lipinski definition) is 1. The van der Waals surface area contributed by atoms with Crippen molar-refractivity contribution in [1.29, 1.82) is 0 Å². The van der Waals surface area contributed by atoms with Gasteiger partial charge in [0.15, 0.2) is 6.10 Å². The first-order valence-corrected chi connectivity index (χ1v) is 6.23. The van der Waals surface area contributed by atoms with E-state index in [1.807, 2.05) is 0 Å². The molecule has 3 atom stereocenters. The largest absolute Gasteiger partial charge is 0.479 e. The number of nitrogens with zero attached hydrogens (tertiary/aromatic N) is 1. The van der Waals surface area contributed by atoms with Crippen molar-refractivity contribution in [2.24, 2.45) is 0 Å². The molecule has 7 heteroatoms. The third kappa shape index (κ3) is 3.16. The van der Waals surface area contributed by atoms with Crippen molar-refractivity contribution in [2.45, 2.75) is 44.6 Å². The molecule has 1 amide bonds. The molecule has 2 fully saturated rings. The van der Waals surface area contributed by atoms with E-state index in [4.69, 9.17) is 19.3 Å². The summed E-state index contributed by atoms with van der Waals surface area (Å²) >= 11 is 0. The first kappa shape index (κ1) is 14.1. The van der Waals surface area contributed by atoms with Gasteiger partial charge in [0, 0.05) is 0 Å². The van der Waals surface area contributed by atoms with Crippen LogP contribution in [0.4, 0.5) is 4.79 Å². The lowest BCUT2D eigenvalue weighted by Gasteiger charge is -2.39. The molecule has 3 unspecified atom stereocenters. The number of carbonyl (C=O) groups excluding carboxylic acids is 1. The van der Waals surface area contributed by atoms with E-state index in [0.29, 0.717) is 13.2 Å². The maximum Gasteiger partial charge on any atom is 0.410 e. The molecule has 0 radical (unpaired) electrons. The summed E-state index contributed by atoms with van der Waals surface area (Å²) in [5, 5.41) is 9.05. The van der Waals surface area contributed by atoms with Gasteiger partial charge in [0.2, 0.25) is 0 Å². The number of hydrogen-bond acceptors (Lipinski definition) is 5. The van der Waals surface area contributed by atoms with Crippen molar-refractivity contribution in [3.05, 3.63) is 0 Å². The SMILES string of the molecule is CC(C)(C)OC(=O)N1CC(C(=O)O)OC2COCC21. The van der Waals surface area contributed by atoms with Gasteiger partial charge in [-0.25, -0.2) is 9.59 Å². The van der Waals surface area contributed by atoms with Crippen LogP contribution in [0, 0.1) is 0 Å². The van der Waals surface area contributed by atoms with Gasteiger partial charge in [-0.1, -0.05) is 0 Å². The zero-order valence-electron chi connectivity index (χ0n) is 11.3. The fourth-order valence-electron chi connectivity index (χ4n) is 2.18. The number of carbonyl (C=O) groups is 2. The monoisotopic (exact) mass is 273 g/mol. The Morgan fingerprint density at radius 3 is 2.58 bits per heavy atom. The lowest BCUT2D eigenvalue weighted by Crippen LogP contribution is -2.59. The summed E-state index contributed by atoms with van der Waals surface area (Å²) in [5.74, 6) is -1.08. The minimum Gasteiger partial charge on any atom is -0.479 e. The van der Waals surface area contributed by atoms with Gasteiger partial charge in [-0.3, -0.25) is 4.90 Å². The van der Waals surface area contributed by atoms with E-state index in [-0.39, 0.29) is 12.6 Å². The third-order valence-corrected chi connectivity index (χ3v) is 3.01. The molecule has 2 rings (SSSR count). The van der Waals surface area contributed by atoms with Gasteiger partial charge in [0.25, 0.3) is 0 Å². The Kier molecular flexibility index (Phi) is 3.69. The summed E-state index contributed by atoms with van der Waals surface area (Å²) in [6.07, 6.45) is -1.96. The molecule has 108 valence electrons. The van der Waals surface area contributed by atoms with Gasteiger partial charge in [-0.15, -0.1) is 0 Å². The average Bonchev–Trinajstić information content (AvgIpc) is 2.72. The Labute approximate surface area is 111 Å². The lowest BCUT2D eigenvalue weighted by molar-refractivity contribution is -0.165. The van der Waals surface area contributed by atoms with E-state index in [0.717, 1.165) is 0 Å². The first-order chi connectivity index (χ1) is 8.78. The highest BCUT2D eigenvalue weighted by Gasteiger charge is 2.46. The minimum atomic E-state index is -1.08. The summed E-state index contributed by atoms with van der Waals surface area (Å²) in [6, 6.07) is -0.273. The molecule has 0 aromatic heterocycles. The highest BCUT2D eigenvalue weighted by Crippen LogP contribution is 2.25. The maximum absolute atomic E-state index is 12.1. The second kappa shape index (κ2) is 4.97.